The van der Waals surface area contributed by atoms with Crippen molar-refractivity contribution in [3.63, 3.8) is 0 Å². The van der Waals surface area contributed by atoms with E-state index in [-0.39, 0.29) is 19.0 Å². The van der Waals surface area contributed by atoms with Gasteiger partial charge in [0.2, 0.25) is 0 Å². The minimum absolute atomic E-state index is 0.160. The summed E-state index contributed by atoms with van der Waals surface area (Å²) in [6, 6.07) is 11.8. The number of carbonyl (C=O) groups is 2. The van der Waals surface area contributed by atoms with Gasteiger partial charge in [-0.05, 0) is 43.4 Å². The fourth-order valence-electron chi connectivity index (χ4n) is 4.57. The molecule has 1 unspecified atom stereocenters. The molecule has 6 nitrogen and oxygen atoms in total. The Kier molecular flexibility index (Phi) is 9.47. The number of aliphatic hydroxyl groups is 1. The molecule has 3 rings (SSSR count). The van der Waals surface area contributed by atoms with Crippen molar-refractivity contribution in [2.75, 3.05) is 39.0 Å². The zero-order chi connectivity index (χ0) is 27.2. The maximum atomic E-state index is 13.8. The molecule has 0 radical (unpaired) electrons. The van der Waals surface area contributed by atoms with Gasteiger partial charge in [0.1, 0.15) is 0 Å². The lowest BCUT2D eigenvalue weighted by molar-refractivity contribution is -0.262. The summed E-state index contributed by atoms with van der Waals surface area (Å²) in [4.78, 5) is 27.5. The highest BCUT2D eigenvalue weighted by Crippen LogP contribution is 2.41. The maximum Gasteiger partial charge on any atom is 0.430 e. The molecule has 0 saturated carbocycles. The number of anilines is 1. The number of piperidine rings is 1. The van der Waals surface area contributed by atoms with E-state index in [2.05, 4.69) is 5.32 Å². The lowest BCUT2D eigenvalue weighted by Gasteiger charge is -2.38. The quantitative estimate of drug-likeness (QED) is 0.423. The van der Waals surface area contributed by atoms with Crippen LogP contribution in [-0.2, 0) is 10.4 Å². The van der Waals surface area contributed by atoms with Crippen molar-refractivity contribution < 1.29 is 27.9 Å². The summed E-state index contributed by atoms with van der Waals surface area (Å²) in [5, 5.41) is 14.2. The number of nitrogens with zero attached hydrogens (tertiary/aromatic N) is 2. The third-order valence-corrected chi connectivity index (χ3v) is 7.10. The molecule has 1 aliphatic rings. The zero-order valence-corrected chi connectivity index (χ0v) is 21.8. The molecule has 1 fully saturated rings. The number of rotatable bonds is 9. The van der Waals surface area contributed by atoms with Crippen molar-refractivity contribution in [3.05, 3.63) is 64.7 Å². The van der Waals surface area contributed by atoms with Crippen LogP contribution < -0.4 is 5.32 Å². The van der Waals surface area contributed by atoms with Gasteiger partial charge in [0, 0.05) is 45.0 Å². The van der Waals surface area contributed by atoms with E-state index in [0.717, 1.165) is 42.0 Å². The Morgan fingerprint density at radius 2 is 1.73 bits per heavy atom. The van der Waals surface area contributed by atoms with Crippen LogP contribution in [0.3, 0.4) is 0 Å². The molecule has 0 bridgehead atoms. The van der Waals surface area contributed by atoms with Gasteiger partial charge in [-0.1, -0.05) is 54.8 Å². The van der Waals surface area contributed by atoms with Crippen molar-refractivity contribution in [1.82, 2.24) is 9.80 Å². The number of likely N-dealkylation sites (tertiary alicyclic amines) is 1. The summed E-state index contributed by atoms with van der Waals surface area (Å²) in [6.07, 6.45) is -1.22. The molecule has 2 aromatic rings. The lowest BCUT2D eigenvalue weighted by atomic mass is 9.88. The summed E-state index contributed by atoms with van der Waals surface area (Å²) in [7, 11) is 3.33. The van der Waals surface area contributed by atoms with E-state index in [9.17, 15) is 27.9 Å². The Balaban J connectivity index is 1.44. The molecule has 1 atom stereocenters. The molecule has 2 amide bonds. The van der Waals surface area contributed by atoms with Crippen LogP contribution in [0.25, 0.3) is 0 Å². The van der Waals surface area contributed by atoms with E-state index in [1.807, 2.05) is 6.07 Å². The van der Waals surface area contributed by atoms with Crippen molar-refractivity contribution in [3.8, 4) is 0 Å². The molecule has 2 N–H and O–H groups in total. The summed E-state index contributed by atoms with van der Waals surface area (Å²) in [5.41, 5.74) is -2.75. The first kappa shape index (κ1) is 28.8. The van der Waals surface area contributed by atoms with Crippen LogP contribution in [0.1, 0.15) is 48.0 Å². The Morgan fingerprint density at radius 1 is 1.08 bits per heavy atom. The molecule has 10 heteroatoms. The van der Waals surface area contributed by atoms with Gasteiger partial charge < -0.3 is 20.2 Å². The average Bonchev–Trinajstić information content (AvgIpc) is 2.87. The van der Waals surface area contributed by atoms with Crippen LogP contribution in [0.5, 0.6) is 0 Å². The van der Waals surface area contributed by atoms with Crippen LogP contribution in [0.4, 0.5) is 18.9 Å². The van der Waals surface area contributed by atoms with E-state index in [0.29, 0.717) is 35.9 Å². The van der Waals surface area contributed by atoms with E-state index in [1.54, 1.807) is 26.2 Å². The molecule has 202 valence electrons. The van der Waals surface area contributed by atoms with Crippen molar-refractivity contribution >= 4 is 29.1 Å². The van der Waals surface area contributed by atoms with E-state index >= 15 is 0 Å². The van der Waals surface area contributed by atoms with Gasteiger partial charge in [-0.15, -0.1) is 0 Å². The average molecular weight is 540 g/mol. The highest BCUT2D eigenvalue weighted by molar-refractivity contribution is 6.34. The molecule has 37 heavy (non-hydrogen) atoms. The van der Waals surface area contributed by atoms with Gasteiger partial charge in [0.15, 0.2) is 0 Å². The monoisotopic (exact) mass is 539 g/mol. The normalized spacial score (nSPS) is 16.2. The topological polar surface area (TPSA) is 72.9 Å². The first-order valence-corrected chi connectivity index (χ1v) is 12.7. The summed E-state index contributed by atoms with van der Waals surface area (Å²) >= 11 is 6.24. The van der Waals surface area contributed by atoms with Crippen LogP contribution in [-0.4, -0.2) is 66.6 Å². The Labute approximate surface area is 220 Å². The standard InChI is InChI=1S/C27H33ClF3N3O3/c1-33(2)24(35)22-12-11-21(18-23(22)28)32-15-7-6-8-19-13-16-34(17-14-19)25(36)26(37,27(29,30)31)20-9-4-3-5-10-20/h3-5,9-12,18-19,32,37H,6-8,13-17H2,1-2H3. The number of amides is 2. The molecule has 1 heterocycles. The summed E-state index contributed by atoms with van der Waals surface area (Å²) in [5.74, 6) is -1.16. The third-order valence-electron chi connectivity index (χ3n) is 6.79. The summed E-state index contributed by atoms with van der Waals surface area (Å²) in [6.45, 7) is 1.08. The predicted molar refractivity (Wildman–Crippen MR) is 138 cm³/mol. The number of hydrogen-bond donors (Lipinski definition) is 2. The first-order valence-electron chi connectivity index (χ1n) is 12.3. The van der Waals surface area contributed by atoms with Gasteiger partial charge >= 0.3 is 6.18 Å². The fourth-order valence-corrected chi connectivity index (χ4v) is 4.83. The molecule has 1 aliphatic heterocycles. The first-order chi connectivity index (χ1) is 17.4. The number of unbranched alkanes of at least 4 members (excludes halogenated alkanes) is 1. The van der Waals surface area contributed by atoms with Gasteiger partial charge in [0.05, 0.1) is 10.6 Å². The van der Waals surface area contributed by atoms with Gasteiger partial charge in [0.25, 0.3) is 17.4 Å². The molecular formula is C27H33ClF3N3O3. The molecular weight excluding hydrogens is 507 g/mol. The van der Waals surface area contributed by atoms with E-state index in [1.165, 1.54) is 23.1 Å². The van der Waals surface area contributed by atoms with E-state index < -0.39 is 23.2 Å². The highest BCUT2D eigenvalue weighted by Gasteiger charge is 2.62. The Morgan fingerprint density at radius 3 is 2.30 bits per heavy atom. The Bertz CT molecular complexity index is 1070. The third kappa shape index (κ3) is 6.76. The number of halogens is 4. The highest BCUT2D eigenvalue weighted by atomic mass is 35.5. The van der Waals surface area contributed by atoms with Crippen LogP contribution >= 0.6 is 11.6 Å². The van der Waals surface area contributed by atoms with Crippen LogP contribution in [0, 0.1) is 5.92 Å². The lowest BCUT2D eigenvalue weighted by Crippen LogP contribution is -2.57. The zero-order valence-electron chi connectivity index (χ0n) is 21.0. The Hall–Kier alpha value is -2.78. The van der Waals surface area contributed by atoms with Crippen LogP contribution in [0.2, 0.25) is 5.02 Å². The smallest absolute Gasteiger partial charge is 0.385 e. The SMILES string of the molecule is CN(C)C(=O)c1ccc(NCCCCC2CCN(C(=O)C(O)(c3ccccc3)C(F)(F)F)CC2)cc1Cl. The number of carbonyl (C=O) groups excluding carboxylic acids is 2. The second-order valence-corrected chi connectivity index (χ2v) is 10.0. The minimum Gasteiger partial charge on any atom is -0.385 e. The number of nitrogens with one attached hydrogen (secondary N) is 1. The van der Waals surface area contributed by atoms with Crippen molar-refractivity contribution in [2.45, 2.75) is 43.9 Å². The van der Waals surface area contributed by atoms with Crippen molar-refractivity contribution in [2.24, 2.45) is 5.92 Å². The minimum atomic E-state index is -5.12. The van der Waals surface area contributed by atoms with Gasteiger partial charge in [-0.2, -0.15) is 13.2 Å². The van der Waals surface area contributed by atoms with Crippen LogP contribution in [0.15, 0.2) is 48.5 Å². The molecule has 0 aromatic heterocycles. The second-order valence-electron chi connectivity index (χ2n) is 9.63. The number of benzene rings is 2. The summed E-state index contributed by atoms with van der Waals surface area (Å²) < 4.78 is 41.4. The number of hydrogen-bond acceptors (Lipinski definition) is 4. The molecule has 0 spiro atoms. The number of alkyl halides is 3. The van der Waals surface area contributed by atoms with E-state index in [4.69, 9.17) is 11.6 Å². The molecule has 2 aromatic carbocycles. The van der Waals surface area contributed by atoms with Gasteiger partial charge in [-0.3, -0.25) is 9.59 Å². The predicted octanol–water partition coefficient (Wildman–Crippen LogP) is 5.31. The van der Waals surface area contributed by atoms with Crippen molar-refractivity contribution in [1.29, 1.82) is 0 Å². The second kappa shape index (κ2) is 12.2. The van der Waals surface area contributed by atoms with Gasteiger partial charge in [-0.25, -0.2) is 0 Å². The maximum absolute atomic E-state index is 13.8. The molecule has 1 saturated heterocycles. The molecule has 0 aliphatic carbocycles. The largest absolute Gasteiger partial charge is 0.430 e. The fraction of sp³-hybridized carbons (Fsp3) is 0.481.